The minimum atomic E-state index is 0. The standard InChI is InChI=1S/C9H15N3OS.ClH/c10-9-11-4-8(14-9)5-12-3-1-2-7(12)6-13;/h4,7,13H,1-3,5-6H2,(H2,10,11);1H. The largest absolute Gasteiger partial charge is 0.395 e. The molecule has 4 nitrogen and oxygen atoms in total. The van der Waals surface area contributed by atoms with E-state index in [1.165, 1.54) is 22.6 Å². The normalized spacial score (nSPS) is 21.5. The number of thiazole rings is 1. The fourth-order valence-electron chi connectivity index (χ4n) is 1.91. The van der Waals surface area contributed by atoms with Gasteiger partial charge in [-0.1, -0.05) is 0 Å². The Labute approximate surface area is 99.5 Å². The number of nitrogen functional groups attached to an aromatic ring is 1. The lowest BCUT2D eigenvalue weighted by Gasteiger charge is -2.21. The Morgan fingerprint density at radius 3 is 3.07 bits per heavy atom. The fourth-order valence-corrected chi connectivity index (χ4v) is 2.62. The van der Waals surface area contributed by atoms with E-state index in [1.54, 1.807) is 0 Å². The zero-order valence-electron chi connectivity index (χ0n) is 8.43. The number of hydrogen-bond acceptors (Lipinski definition) is 5. The molecule has 0 saturated carbocycles. The maximum absolute atomic E-state index is 9.14. The van der Waals surface area contributed by atoms with Gasteiger partial charge < -0.3 is 10.8 Å². The molecule has 0 aliphatic carbocycles. The Hall–Kier alpha value is -0.360. The van der Waals surface area contributed by atoms with Crippen molar-refractivity contribution in [2.45, 2.75) is 25.4 Å². The summed E-state index contributed by atoms with van der Waals surface area (Å²) in [6.07, 6.45) is 4.11. The molecule has 0 bridgehead atoms. The first-order chi connectivity index (χ1) is 6.79. The van der Waals surface area contributed by atoms with Crippen molar-refractivity contribution in [1.29, 1.82) is 0 Å². The Morgan fingerprint density at radius 2 is 2.47 bits per heavy atom. The van der Waals surface area contributed by atoms with Crippen molar-refractivity contribution < 1.29 is 5.11 Å². The average Bonchev–Trinajstić information content (AvgIpc) is 2.76. The lowest BCUT2D eigenvalue weighted by molar-refractivity contribution is 0.154. The van der Waals surface area contributed by atoms with Crippen LogP contribution in [0.4, 0.5) is 5.13 Å². The summed E-state index contributed by atoms with van der Waals surface area (Å²) >= 11 is 1.53. The summed E-state index contributed by atoms with van der Waals surface area (Å²) in [5.41, 5.74) is 5.56. The maximum Gasteiger partial charge on any atom is 0.180 e. The molecular formula is C9H16ClN3OS. The molecule has 3 N–H and O–H groups in total. The predicted octanol–water partition coefficient (Wildman–Crippen LogP) is 1.10. The maximum atomic E-state index is 9.14. The van der Waals surface area contributed by atoms with Gasteiger partial charge in [-0.3, -0.25) is 4.90 Å². The third-order valence-corrected chi connectivity index (χ3v) is 3.45. The van der Waals surface area contributed by atoms with Crippen LogP contribution >= 0.6 is 23.7 Å². The SMILES string of the molecule is Cl.Nc1ncc(CN2CCCC2CO)s1. The zero-order chi connectivity index (χ0) is 9.97. The molecule has 1 unspecified atom stereocenters. The smallest absolute Gasteiger partial charge is 0.180 e. The predicted molar refractivity (Wildman–Crippen MR) is 64.3 cm³/mol. The summed E-state index contributed by atoms with van der Waals surface area (Å²) in [6.45, 7) is 2.21. The molecule has 1 aromatic heterocycles. The molecule has 1 atom stereocenters. The van der Waals surface area contributed by atoms with Crippen molar-refractivity contribution in [1.82, 2.24) is 9.88 Å². The number of likely N-dealkylation sites (tertiary alicyclic amines) is 1. The van der Waals surface area contributed by atoms with Gasteiger partial charge in [-0.2, -0.15) is 0 Å². The van der Waals surface area contributed by atoms with E-state index in [2.05, 4.69) is 9.88 Å². The molecule has 1 aromatic rings. The van der Waals surface area contributed by atoms with E-state index in [-0.39, 0.29) is 19.0 Å². The second-order valence-corrected chi connectivity index (χ2v) is 4.76. The third-order valence-electron chi connectivity index (χ3n) is 2.64. The highest BCUT2D eigenvalue weighted by atomic mass is 35.5. The molecule has 15 heavy (non-hydrogen) atoms. The van der Waals surface area contributed by atoms with Crippen LogP contribution in [0.1, 0.15) is 17.7 Å². The highest BCUT2D eigenvalue weighted by Gasteiger charge is 2.23. The second-order valence-electron chi connectivity index (χ2n) is 3.61. The summed E-state index contributed by atoms with van der Waals surface area (Å²) in [4.78, 5) is 7.50. The van der Waals surface area contributed by atoms with Gasteiger partial charge >= 0.3 is 0 Å². The molecule has 86 valence electrons. The monoisotopic (exact) mass is 249 g/mol. The topological polar surface area (TPSA) is 62.4 Å². The van der Waals surface area contributed by atoms with Crippen LogP contribution in [0.2, 0.25) is 0 Å². The van der Waals surface area contributed by atoms with Gasteiger partial charge in [0.25, 0.3) is 0 Å². The zero-order valence-corrected chi connectivity index (χ0v) is 10.1. The Kier molecular flexibility index (Phi) is 4.79. The number of nitrogens with two attached hydrogens (primary N) is 1. The first-order valence-electron chi connectivity index (χ1n) is 4.84. The van der Waals surface area contributed by atoms with Gasteiger partial charge in [0.2, 0.25) is 0 Å². The van der Waals surface area contributed by atoms with E-state index < -0.39 is 0 Å². The third kappa shape index (κ3) is 3.04. The van der Waals surface area contributed by atoms with E-state index in [0.29, 0.717) is 11.2 Å². The Bertz CT molecular complexity index is 307. The summed E-state index contributed by atoms with van der Waals surface area (Å²) in [6, 6.07) is 0.332. The van der Waals surface area contributed by atoms with Gasteiger partial charge in [-0.05, 0) is 19.4 Å². The first-order valence-corrected chi connectivity index (χ1v) is 5.66. The molecule has 6 heteroatoms. The van der Waals surface area contributed by atoms with Crippen molar-refractivity contribution in [3.8, 4) is 0 Å². The van der Waals surface area contributed by atoms with Crippen LogP contribution in [-0.2, 0) is 6.54 Å². The van der Waals surface area contributed by atoms with Crippen molar-refractivity contribution in [3.05, 3.63) is 11.1 Å². The van der Waals surface area contributed by atoms with Crippen LogP contribution in [0.3, 0.4) is 0 Å². The molecular weight excluding hydrogens is 234 g/mol. The molecule has 1 saturated heterocycles. The molecule has 0 aromatic carbocycles. The number of halogens is 1. The van der Waals surface area contributed by atoms with Crippen LogP contribution < -0.4 is 5.73 Å². The van der Waals surface area contributed by atoms with E-state index in [1.807, 2.05) is 6.20 Å². The van der Waals surface area contributed by atoms with Crippen LogP contribution in [0.5, 0.6) is 0 Å². The number of aliphatic hydroxyl groups excluding tert-OH is 1. The van der Waals surface area contributed by atoms with E-state index >= 15 is 0 Å². The number of aromatic nitrogens is 1. The minimum absolute atomic E-state index is 0. The number of aliphatic hydroxyl groups is 1. The highest BCUT2D eigenvalue weighted by molar-refractivity contribution is 7.15. The number of rotatable bonds is 3. The fraction of sp³-hybridized carbons (Fsp3) is 0.667. The van der Waals surface area contributed by atoms with Crippen LogP contribution in [0, 0.1) is 0 Å². The molecule has 2 rings (SSSR count). The van der Waals surface area contributed by atoms with Gasteiger partial charge in [0.05, 0.1) is 6.61 Å². The highest BCUT2D eigenvalue weighted by Crippen LogP contribution is 2.22. The van der Waals surface area contributed by atoms with E-state index in [4.69, 9.17) is 10.8 Å². The summed E-state index contributed by atoms with van der Waals surface area (Å²) < 4.78 is 0. The molecule has 0 radical (unpaired) electrons. The molecule has 1 aliphatic heterocycles. The lowest BCUT2D eigenvalue weighted by atomic mass is 10.2. The molecule has 2 heterocycles. The van der Waals surface area contributed by atoms with Crippen LogP contribution in [-0.4, -0.2) is 34.2 Å². The van der Waals surface area contributed by atoms with E-state index in [9.17, 15) is 0 Å². The average molecular weight is 250 g/mol. The van der Waals surface area contributed by atoms with Crippen LogP contribution in [0.25, 0.3) is 0 Å². The Balaban J connectivity index is 0.00000112. The number of hydrogen-bond donors (Lipinski definition) is 2. The minimum Gasteiger partial charge on any atom is -0.395 e. The summed E-state index contributed by atoms with van der Waals surface area (Å²) in [7, 11) is 0. The van der Waals surface area contributed by atoms with Gasteiger partial charge in [0.15, 0.2) is 5.13 Å². The molecule has 0 amide bonds. The summed E-state index contributed by atoms with van der Waals surface area (Å²) in [5.74, 6) is 0. The first kappa shape index (κ1) is 12.7. The number of anilines is 1. The van der Waals surface area contributed by atoms with Crippen molar-refractivity contribution in [3.63, 3.8) is 0 Å². The van der Waals surface area contributed by atoms with Gasteiger partial charge in [-0.15, -0.1) is 23.7 Å². The molecule has 0 spiro atoms. The summed E-state index contributed by atoms with van der Waals surface area (Å²) in [5, 5.41) is 9.77. The van der Waals surface area contributed by atoms with E-state index in [0.717, 1.165) is 19.5 Å². The van der Waals surface area contributed by atoms with Crippen molar-refractivity contribution in [2.75, 3.05) is 18.9 Å². The number of nitrogens with zero attached hydrogens (tertiary/aromatic N) is 2. The Morgan fingerprint density at radius 1 is 1.67 bits per heavy atom. The van der Waals surface area contributed by atoms with Crippen molar-refractivity contribution in [2.24, 2.45) is 0 Å². The second kappa shape index (κ2) is 5.65. The molecule has 1 aliphatic rings. The van der Waals surface area contributed by atoms with Crippen molar-refractivity contribution >= 4 is 28.9 Å². The molecule has 1 fully saturated rings. The lowest BCUT2D eigenvalue weighted by Crippen LogP contribution is -2.31. The van der Waals surface area contributed by atoms with Crippen LogP contribution in [0.15, 0.2) is 6.20 Å². The quantitative estimate of drug-likeness (QED) is 0.842. The van der Waals surface area contributed by atoms with Gasteiger partial charge in [-0.25, -0.2) is 4.98 Å². The van der Waals surface area contributed by atoms with Gasteiger partial charge in [0.1, 0.15) is 0 Å². The van der Waals surface area contributed by atoms with Gasteiger partial charge in [0, 0.05) is 23.7 Å².